The molecule has 0 spiro atoms. The fourth-order valence-corrected chi connectivity index (χ4v) is 3.23. The highest BCUT2D eigenvalue weighted by Gasteiger charge is 2.05. The van der Waals surface area contributed by atoms with Gasteiger partial charge in [0, 0.05) is 21.8 Å². The third kappa shape index (κ3) is 3.17. The van der Waals surface area contributed by atoms with Crippen molar-refractivity contribution in [3.63, 3.8) is 0 Å². The predicted octanol–water partition coefficient (Wildman–Crippen LogP) is 5.58. The van der Waals surface area contributed by atoms with Crippen molar-refractivity contribution in [1.29, 1.82) is 0 Å². The summed E-state index contributed by atoms with van der Waals surface area (Å²) in [7, 11) is 0. The smallest absolute Gasteiger partial charge is 0.162 e. The molecule has 0 bridgehead atoms. The zero-order valence-electron chi connectivity index (χ0n) is 11.9. The third-order valence-electron chi connectivity index (χ3n) is 3.43. The van der Waals surface area contributed by atoms with E-state index in [0.717, 1.165) is 10.5 Å². The molecular weight excluding hydrogens is 276 g/mol. The molecule has 0 N–H and O–H groups in total. The molecule has 3 aromatic carbocycles. The van der Waals surface area contributed by atoms with Crippen molar-refractivity contribution in [3.8, 4) is 0 Å². The van der Waals surface area contributed by atoms with E-state index >= 15 is 0 Å². The molecule has 3 rings (SSSR count). The number of Topliss-reactive ketones (excluding diaryl/α,β-unsaturated/α-hetero) is 1. The van der Waals surface area contributed by atoms with Gasteiger partial charge in [-0.1, -0.05) is 61.2 Å². The highest BCUT2D eigenvalue weighted by molar-refractivity contribution is 7.99. The van der Waals surface area contributed by atoms with Crippen molar-refractivity contribution in [2.24, 2.45) is 0 Å². The maximum atomic E-state index is 11.8. The summed E-state index contributed by atoms with van der Waals surface area (Å²) in [6.07, 6.45) is 0.546. The van der Waals surface area contributed by atoms with Gasteiger partial charge in [-0.05, 0) is 35.0 Å². The number of hydrogen-bond donors (Lipinski definition) is 0. The molecule has 0 unspecified atom stereocenters. The minimum absolute atomic E-state index is 0.191. The van der Waals surface area contributed by atoms with Crippen LogP contribution in [0.4, 0.5) is 0 Å². The van der Waals surface area contributed by atoms with Gasteiger partial charge in [0.1, 0.15) is 0 Å². The summed E-state index contributed by atoms with van der Waals surface area (Å²) in [5, 5.41) is 2.49. The van der Waals surface area contributed by atoms with Gasteiger partial charge in [0.25, 0.3) is 0 Å². The normalized spacial score (nSPS) is 10.7. The van der Waals surface area contributed by atoms with Crippen LogP contribution in [0, 0.1) is 0 Å². The highest BCUT2D eigenvalue weighted by Crippen LogP contribution is 2.30. The molecule has 0 aliphatic heterocycles. The molecule has 104 valence electrons. The lowest BCUT2D eigenvalue weighted by atomic mass is 10.1. The number of rotatable bonds is 4. The molecule has 0 radical (unpaired) electrons. The Morgan fingerprint density at radius 3 is 2.43 bits per heavy atom. The Morgan fingerprint density at radius 1 is 0.857 bits per heavy atom. The van der Waals surface area contributed by atoms with Crippen molar-refractivity contribution < 1.29 is 4.79 Å². The van der Waals surface area contributed by atoms with Gasteiger partial charge < -0.3 is 0 Å². The van der Waals surface area contributed by atoms with Crippen LogP contribution in [0.3, 0.4) is 0 Å². The van der Waals surface area contributed by atoms with E-state index in [9.17, 15) is 4.79 Å². The Morgan fingerprint density at radius 2 is 1.62 bits per heavy atom. The average molecular weight is 292 g/mol. The van der Waals surface area contributed by atoms with Gasteiger partial charge in [-0.15, -0.1) is 0 Å². The van der Waals surface area contributed by atoms with E-state index in [4.69, 9.17) is 0 Å². The van der Waals surface area contributed by atoms with Crippen molar-refractivity contribution in [3.05, 3.63) is 72.3 Å². The Hall–Kier alpha value is -2.06. The number of fused-ring (bicyclic) bond motifs is 1. The second kappa shape index (κ2) is 6.15. The predicted molar refractivity (Wildman–Crippen MR) is 89.1 cm³/mol. The topological polar surface area (TPSA) is 17.1 Å². The Kier molecular flexibility index (Phi) is 4.07. The Bertz CT molecular complexity index is 792. The number of benzene rings is 3. The van der Waals surface area contributed by atoms with Crippen LogP contribution in [0.5, 0.6) is 0 Å². The van der Waals surface area contributed by atoms with Crippen LogP contribution >= 0.6 is 11.8 Å². The fourth-order valence-electron chi connectivity index (χ4n) is 2.30. The molecule has 21 heavy (non-hydrogen) atoms. The first-order chi connectivity index (χ1) is 10.3. The molecule has 0 saturated heterocycles. The standard InChI is InChI=1S/C19H16OS/c1-2-19(20)16-8-5-9-17(13-16)21-18-11-10-14-6-3-4-7-15(14)12-18/h3-13H,2H2,1H3. The van der Waals surface area contributed by atoms with Crippen LogP contribution in [0.2, 0.25) is 0 Å². The first-order valence-electron chi connectivity index (χ1n) is 7.06. The van der Waals surface area contributed by atoms with Crippen LogP contribution in [-0.2, 0) is 0 Å². The highest BCUT2D eigenvalue weighted by atomic mass is 32.2. The molecule has 0 atom stereocenters. The lowest BCUT2D eigenvalue weighted by molar-refractivity contribution is 0.0988. The maximum Gasteiger partial charge on any atom is 0.162 e. The van der Waals surface area contributed by atoms with E-state index in [-0.39, 0.29) is 5.78 Å². The largest absolute Gasteiger partial charge is 0.294 e. The van der Waals surface area contributed by atoms with Gasteiger partial charge in [0.05, 0.1) is 0 Å². The third-order valence-corrected chi connectivity index (χ3v) is 4.41. The molecule has 0 heterocycles. The molecule has 0 amide bonds. The summed E-state index contributed by atoms with van der Waals surface area (Å²) >= 11 is 1.69. The quantitative estimate of drug-likeness (QED) is 0.584. The van der Waals surface area contributed by atoms with Crippen molar-refractivity contribution in [2.75, 3.05) is 0 Å². The van der Waals surface area contributed by atoms with Crippen LogP contribution in [-0.4, -0.2) is 5.78 Å². The first kappa shape index (κ1) is 13.9. The van der Waals surface area contributed by atoms with Gasteiger partial charge >= 0.3 is 0 Å². The summed E-state index contributed by atoms with van der Waals surface area (Å²) in [6, 6.07) is 22.7. The van der Waals surface area contributed by atoms with Gasteiger partial charge in [0.2, 0.25) is 0 Å². The van der Waals surface area contributed by atoms with Crippen molar-refractivity contribution >= 4 is 28.3 Å². The number of ketones is 1. The van der Waals surface area contributed by atoms with E-state index in [1.165, 1.54) is 15.7 Å². The molecule has 3 aromatic rings. The second-order valence-electron chi connectivity index (χ2n) is 4.92. The minimum atomic E-state index is 0.191. The fraction of sp³-hybridized carbons (Fsp3) is 0.105. The van der Waals surface area contributed by atoms with Crippen LogP contribution in [0.25, 0.3) is 10.8 Å². The molecule has 0 fully saturated rings. The Balaban J connectivity index is 1.89. The van der Waals surface area contributed by atoms with Crippen LogP contribution in [0.15, 0.2) is 76.5 Å². The molecular formula is C19H16OS. The van der Waals surface area contributed by atoms with Crippen molar-refractivity contribution in [1.82, 2.24) is 0 Å². The number of carbonyl (C=O) groups excluding carboxylic acids is 1. The zero-order valence-corrected chi connectivity index (χ0v) is 12.7. The first-order valence-corrected chi connectivity index (χ1v) is 7.88. The summed E-state index contributed by atoms with van der Waals surface area (Å²) < 4.78 is 0. The number of carbonyl (C=O) groups is 1. The molecule has 0 aliphatic rings. The lowest BCUT2D eigenvalue weighted by Gasteiger charge is -2.05. The van der Waals surface area contributed by atoms with Gasteiger partial charge in [-0.2, -0.15) is 0 Å². The summed E-state index contributed by atoms with van der Waals surface area (Å²) in [5.41, 5.74) is 0.795. The number of hydrogen-bond acceptors (Lipinski definition) is 2. The summed E-state index contributed by atoms with van der Waals surface area (Å²) in [6.45, 7) is 1.89. The molecule has 0 aromatic heterocycles. The summed E-state index contributed by atoms with van der Waals surface area (Å²) in [4.78, 5) is 14.1. The van der Waals surface area contributed by atoms with E-state index in [0.29, 0.717) is 6.42 Å². The molecule has 0 aliphatic carbocycles. The SMILES string of the molecule is CCC(=O)c1cccc(Sc2ccc3ccccc3c2)c1. The zero-order chi connectivity index (χ0) is 14.7. The van der Waals surface area contributed by atoms with E-state index in [2.05, 4.69) is 42.5 Å². The van der Waals surface area contributed by atoms with E-state index < -0.39 is 0 Å². The van der Waals surface area contributed by atoms with Crippen molar-refractivity contribution in [2.45, 2.75) is 23.1 Å². The van der Waals surface area contributed by atoms with Gasteiger partial charge in [-0.3, -0.25) is 4.79 Å². The maximum absolute atomic E-state index is 11.8. The lowest BCUT2D eigenvalue weighted by Crippen LogP contribution is -1.95. The summed E-state index contributed by atoms with van der Waals surface area (Å²) in [5.74, 6) is 0.191. The molecule has 0 saturated carbocycles. The van der Waals surface area contributed by atoms with E-state index in [1.807, 2.05) is 31.2 Å². The minimum Gasteiger partial charge on any atom is -0.294 e. The molecule has 2 heteroatoms. The van der Waals surface area contributed by atoms with E-state index in [1.54, 1.807) is 11.8 Å². The Labute approximate surface area is 129 Å². The van der Waals surface area contributed by atoms with Crippen LogP contribution in [0.1, 0.15) is 23.7 Å². The average Bonchev–Trinajstić information content (AvgIpc) is 2.54. The van der Waals surface area contributed by atoms with Gasteiger partial charge in [-0.25, -0.2) is 0 Å². The van der Waals surface area contributed by atoms with Crippen LogP contribution < -0.4 is 0 Å². The monoisotopic (exact) mass is 292 g/mol. The van der Waals surface area contributed by atoms with Gasteiger partial charge in [0.15, 0.2) is 5.78 Å². The second-order valence-corrected chi connectivity index (χ2v) is 6.06. The molecule has 1 nitrogen and oxygen atoms in total.